The average Bonchev–Trinajstić information content (AvgIpc) is 2.76. The number of fused-ring (bicyclic) bond motifs is 5. The monoisotopic (exact) mass is 316 g/mol. The number of carbonyl (C=O) groups is 2. The summed E-state index contributed by atoms with van der Waals surface area (Å²) in [5.74, 6) is 5.35. The highest BCUT2D eigenvalue weighted by Crippen LogP contribution is 2.63. The summed E-state index contributed by atoms with van der Waals surface area (Å²) in [6.07, 6.45) is 11.7. The summed E-state index contributed by atoms with van der Waals surface area (Å²) in [7, 11) is 0. The Kier molecular flexibility index (Phi) is 3.93. The average molecular weight is 316 g/mol. The van der Waals surface area contributed by atoms with Crippen LogP contribution in [-0.4, -0.2) is 11.6 Å². The Bertz CT molecular complexity index is 510. The van der Waals surface area contributed by atoms with E-state index in [1.807, 2.05) is 6.92 Å². The van der Waals surface area contributed by atoms with Crippen molar-refractivity contribution in [2.45, 2.75) is 78.1 Å². The zero-order chi connectivity index (χ0) is 16.2. The number of Topliss-reactive ketones (excluding diaryl/α,β-unsaturated/α-hetero) is 2. The predicted molar refractivity (Wildman–Crippen MR) is 90.9 cm³/mol. The summed E-state index contributed by atoms with van der Waals surface area (Å²) in [6.45, 7) is 4.24. The molecule has 4 saturated carbocycles. The van der Waals surface area contributed by atoms with Crippen molar-refractivity contribution in [2.75, 3.05) is 0 Å². The Morgan fingerprint density at radius 2 is 1.70 bits per heavy atom. The number of hydrogen-bond donors (Lipinski definition) is 0. The standard InChI is InChI=1S/C21H32O2/c1-13(22)19-9-10-20-18-7-4-14-3-5-15(23)6-8-16(14)17(18)11-12-21(19,20)2/h14,16-20H,3-12H2,1-2H3. The summed E-state index contributed by atoms with van der Waals surface area (Å²) in [5, 5.41) is 0. The van der Waals surface area contributed by atoms with Crippen molar-refractivity contribution >= 4 is 11.6 Å². The lowest BCUT2D eigenvalue weighted by atomic mass is 9.50. The molecule has 7 atom stereocenters. The van der Waals surface area contributed by atoms with E-state index in [2.05, 4.69) is 6.92 Å². The molecule has 23 heavy (non-hydrogen) atoms. The number of hydrogen-bond acceptors (Lipinski definition) is 2. The normalized spacial score (nSPS) is 49.7. The molecular weight excluding hydrogens is 284 g/mol. The third-order valence-electron chi connectivity index (χ3n) is 8.56. The Morgan fingerprint density at radius 3 is 2.48 bits per heavy atom. The van der Waals surface area contributed by atoms with Gasteiger partial charge in [0.25, 0.3) is 0 Å². The summed E-state index contributed by atoms with van der Waals surface area (Å²) in [6, 6.07) is 0. The minimum Gasteiger partial charge on any atom is -0.300 e. The molecule has 0 aromatic carbocycles. The van der Waals surface area contributed by atoms with Gasteiger partial charge in [-0.3, -0.25) is 9.59 Å². The van der Waals surface area contributed by atoms with Crippen molar-refractivity contribution < 1.29 is 9.59 Å². The van der Waals surface area contributed by atoms with E-state index in [1.54, 1.807) is 0 Å². The summed E-state index contributed by atoms with van der Waals surface area (Å²) >= 11 is 0. The number of carbonyl (C=O) groups excluding carboxylic acids is 2. The third-order valence-corrected chi connectivity index (χ3v) is 8.56. The van der Waals surface area contributed by atoms with Crippen LogP contribution in [0.4, 0.5) is 0 Å². The van der Waals surface area contributed by atoms with Gasteiger partial charge in [0.15, 0.2) is 0 Å². The first-order valence-corrected chi connectivity index (χ1v) is 10.0. The molecule has 128 valence electrons. The molecule has 4 rings (SSSR count). The zero-order valence-electron chi connectivity index (χ0n) is 14.9. The lowest BCUT2D eigenvalue weighted by Crippen LogP contribution is -2.48. The molecule has 2 heteroatoms. The van der Waals surface area contributed by atoms with Gasteiger partial charge in [0.2, 0.25) is 0 Å². The lowest BCUT2D eigenvalue weighted by molar-refractivity contribution is -0.128. The van der Waals surface area contributed by atoms with Crippen molar-refractivity contribution in [3.63, 3.8) is 0 Å². The van der Waals surface area contributed by atoms with Gasteiger partial charge in [0.05, 0.1) is 0 Å². The molecule has 0 bridgehead atoms. The topological polar surface area (TPSA) is 34.1 Å². The molecule has 4 aliphatic carbocycles. The first-order valence-electron chi connectivity index (χ1n) is 10.0. The van der Waals surface area contributed by atoms with E-state index in [4.69, 9.17) is 0 Å². The predicted octanol–water partition coefficient (Wildman–Crippen LogP) is 4.80. The Balaban J connectivity index is 1.57. The highest BCUT2D eigenvalue weighted by atomic mass is 16.1. The first kappa shape index (κ1) is 15.8. The van der Waals surface area contributed by atoms with Crippen LogP contribution in [0.2, 0.25) is 0 Å². The SMILES string of the molecule is CC(=O)C1CCC2C3CCC4CCC(=O)CCC4C3CCC12C. The van der Waals surface area contributed by atoms with Gasteiger partial charge in [-0.05, 0) is 93.3 Å². The Morgan fingerprint density at radius 1 is 0.913 bits per heavy atom. The van der Waals surface area contributed by atoms with Gasteiger partial charge in [-0.1, -0.05) is 6.92 Å². The molecule has 7 unspecified atom stereocenters. The molecule has 2 nitrogen and oxygen atoms in total. The van der Waals surface area contributed by atoms with E-state index in [9.17, 15) is 9.59 Å². The molecule has 0 aliphatic heterocycles. The second kappa shape index (κ2) is 5.70. The van der Waals surface area contributed by atoms with E-state index in [0.717, 1.165) is 61.7 Å². The van der Waals surface area contributed by atoms with Gasteiger partial charge in [-0.25, -0.2) is 0 Å². The molecular formula is C21H32O2. The van der Waals surface area contributed by atoms with Crippen molar-refractivity contribution in [1.82, 2.24) is 0 Å². The van der Waals surface area contributed by atoms with Crippen LogP contribution in [-0.2, 0) is 9.59 Å². The van der Waals surface area contributed by atoms with E-state index in [0.29, 0.717) is 17.5 Å². The molecule has 0 aromatic heterocycles. The minimum absolute atomic E-state index is 0.278. The highest BCUT2D eigenvalue weighted by molar-refractivity contribution is 5.79. The van der Waals surface area contributed by atoms with Crippen LogP contribution >= 0.6 is 0 Å². The molecule has 0 aromatic rings. The van der Waals surface area contributed by atoms with Crippen molar-refractivity contribution in [1.29, 1.82) is 0 Å². The van der Waals surface area contributed by atoms with E-state index in [1.165, 1.54) is 32.1 Å². The second-order valence-corrected chi connectivity index (χ2v) is 9.34. The fourth-order valence-corrected chi connectivity index (χ4v) is 7.51. The second-order valence-electron chi connectivity index (χ2n) is 9.34. The van der Waals surface area contributed by atoms with Crippen molar-refractivity contribution in [3.05, 3.63) is 0 Å². The summed E-state index contributed by atoms with van der Waals surface area (Å²) in [4.78, 5) is 24.0. The van der Waals surface area contributed by atoms with E-state index >= 15 is 0 Å². The number of ketones is 2. The van der Waals surface area contributed by atoms with Gasteiger partial charge in [0.1, 0.15) is 11.6 Å². The molecule has 0 spiro atoms. The van der Waals surface area contributed by atoms with Gasteiger partial charge in [-0.2, -0.15) is 0 Å². The van der Waals surface area contributed by atoms with Gasteiger partial charge >= 0.3 is 0 Å². The Labute approximate surface area is 140 Å². The molecule has 0 N–H and O–H groups in total. The fourth-order valence-electron chi connectivity index (χ4n) is 7.51. The molecule has 0 saturated heterocycles. The maximum absolute atomic E-state index is 12.1. The van der Waals surface area contributed by atoms with Crippen LogP contribution in [0, 0.1) is 40.9 Å². The molecule has 0 amide bonds. The van der Waals surface area contributed by atoms with Crippen LogP contribution < -0.4 is 0 Å². The van der Waals surface area contributed by atoms with Crippen LogP contribution in [0.3, 0.4) is 0 Å². The van der Waals surface area contributed by atoms with Crippen molar-refractivity contribution in [2.24, 2.45) is 40.9 Å². The molecule has 4 fully saturated rings. The lowest BCUT2D eigenvalue weighted by Gasteiger charge is -2.54. The fraction of sp³-hybridized carbons (Fsp3) is 0.905. The zero-order valence-corrected chi connectivity index (χ0v) is 14.9. The van der Waals surface area contributed by atoms with Crippen LogP contribution in [0.15, 0.2) is 0 Å². The maximum atomic E-state index is 12.1. The quantitative estimate of drug-likeness (QED) is 0.696. The highest BCUT2D eigenvalue weighted by Gasteiger charge is 2.57. The van der Waals surface area contributed by atoms with Crippen LogP contribution in [0.5, 0.6) is 0 Å². The third kappa shape index (κ3) is 2.43. The first-order chi connectivity index (χ1) is 11.0. The number of rotatable bonds is 1. The van der Waals surface area contributed by atoms with Crippen LogP contribution in [0.25, 0.3) is 0 Å². The molecule has 4 aliphatic rings. The van der Waals surface area contributed by atoms with Crippen molar-refractivity contribution in [3.8, 4) is 0 Å². The maximum Gasteiger partial charge on any atom is 0.133 e. The Hall–Kier alpha value is -0.660. The summed E-state index contributed by atoms with van der Waals surface area (Å²) < 4.78 is 0. The van der Waals surface area contributed by atoms with Gasteiger partial charge in [0, 0.05) is 18.8 Å². The molecule has 0 radical (unpaired) electrons. The van der Waals surface area contributed by atoms with Gasteiger partial charge < -0.3 is 0 Å². The smallest absolute Gasteiger partial charge is 0.133 e. The van der Waals surface area contributed by atoms with Gasteiger partial charge in [-0.15, -0.1) is 0 Å². The minimum atomic E-state index is 0.278. The van der Waals surface area contributed by atoms with E-state index in [-0.39, 0.29) is 5.41 Å². The largest absolute Gasteiger partial charge is 0.300 e. The molecule has 0 heterocycles. The summed E-state index contributed by atoms with van der Waals surface area (Å²) in [5.41, 5.74) is 0.278. The van der Waals surface area contributed by atoms with Crippen LogP contribution in [0.1, 0.15) is 78.1 Å². The van der Waals surface area contributed by atoms with E-state index < -0.39 is 0 Å².